The lowest BCUT2D eigenvalue weighted by atomic mass is 10.2. The van der Waals surface area contributed by atoms with E-state index in [0.29, 0.717) is 0 Å². The first-order chi connectivity index (χ1) is 9.40. The predicted molar refractivity (Wildman–Crippen MR) is 71.0 cm³/mol. The number of pyridine rings is 1. The van der Waals surface area contributed by atoms with Crippen molar-refractivity contribution in [1.82, 2.24) is 10.4 Å². The lowest BCUT2D eigenvalue weighted by Gasteiger charge is -2.07. The van der Waals surface area contributed by atoms with Crippen LogP contribution in [0.2, 0.25) is 0 Å². The van der Waals surface area contributed by atoms with E-state index in [1.807, 2.05) is 18.2 Å². The zero-order chi connectivity index (χ0) is 15.5. The Bertz CT molecular complexity index is 398. The summed E-state index contributed by atoms with van der Waals surface area (Å²) in [6, 6.07) is 5.86. The number of nitrogens with one attached hydrogen (secondary N) is 1. The Morgan fingerprint density at radius 3 is 2.05 bits per heavy atom. The molecule has 1 aromatic heterocycles. The highest BCUT2D eigenvalue weighted by molar-refractivity contribution is 5.83. The number of aliphatic hydroxyl groups is 2. The summed E-state index contributed by atoms with van der Waals surface area (Å²) in [4.78, 5) is 23.7. The van der Waals surface area contributed by atoms with Crippen LogP contribution in [0.1, 0.15) is 5.69 Å². The van der Waals surface area contributed by atoms with Crippen molar-refractivity contribution >= 4 is 11.9 Å². The summed E-state index contributed by atoms with van der Waals surface area (Å²) < 4.78 is 0. The molecular formula is C11H19N3O7. The van der Waals surface area contributed by atoms with E-state index in [0.717, 1.165) is 18.7 Å². The summed E-state index contributed by atoms with van der Waals surface area (Å²) in [5.74, 6) is 1.56. The minimum absolute atomic E-state index is 0. The maximum atomic E-state index is 9.77. The third-order valence-electron chi connectivity index (χ3n) is 2.06. The SMILES string of the molecule is NNCCc1ccccn1.O.O=C(O)C(O)C(O)C(=O)O. The molecule has 1 aromatic rings. The van der Waals surface area contributed by atoms with Crippen LogP contribution in [-0.2, 0) is 16.0 Å². The standard InChI is InChI=1S/C7H11N3.C4H6O6.H2O/c8-10-6-4-7-3-1-2-5-9-7;5-1(3(7)8)2(6)4(9)10;/h1-3,5,10H,4,6,8H2;1-2,5-6H,(H,7,8)(H,9,10);1H2. The summed E-state index contributed by atoms with van der Waals surface area (Å²) in [7, 11) is 0. The maximum absolute atomic E-state index is 9.77. The highest BCUT2D eigenvalue weighted by Gasteiger charge is 2.29. The van der Waals surface area contributed by atoms with Gasteiger partial charge in [0.2, 0.25) is 0 Å². The Morgan fingerprint density at radius 2 is 1.71 bits per heavy atom. The lowest BCUT2D eigenvalue weighted by Crippen LogP contribution is -2.39. The van der Waals surface area contributed by atoms with Crippen LogP contribution in [0.25, 0.3) is 0 Å². The molecule has 1 heterocycles. The molecule has 0 fully saturated rings. The Balaban J connectivity index is 0. The minimum Gasteiger partial charge on any atom is -0.479 e. The molecule has 2 unspecified atom stereocenters. The topological polar surface area (TPSA) is 197 Å². The summed E-state index contributed by atoms with van der Waals surface area (Å²) in [6.45, 7) is 0.775. The van der Waals surface area contributed by atoms with Gasteiger partial charge in [0.1, 0.15) is 0 Å². The van der Waals surface area contributed by atoms with Gasteiger partial charge in [-0.2, -0.15) is 0 Å². The van der Waals surface area contributed by atoms with Gasteiger partial charge < -0.3 is 25.9 Å². The van der Waals surface area contributed by atoms with Gasteiger partial charge in [0, 0.05) is 24.9 Å². The van der Waals surface area contributed by atoms with Crippen molar-refractivity contribution in [1.29, 1.82) is 0 Å². The molecule has 10 nitrogen and oxygen atoms in total. The summed E-state index contributed by atoms with van der Waals surface area (Å²) in [5, 5.41) is 32.5. The molecule has 2 atom stereocenters. The van der Waals surface area contributed by atoms with E-state index in [1.165, 1.54) is 0 Å². The number of nitrogens with two attached hydrogens (primary N) is 1. The highest BCUT2D eigenvalue weighted by Crippen LogP contribution is 1.93. The van der Waals surface area contributed by atoms with E-state index in [1.54, 1.807) is 6.20 Å². The maximum Gasteiger partial charge on any atom is 0.335 e. The van der Waals surface area contributed by atoms with Crippen molar-refractivity contribution in [3.05, 3.63) is 30.1 Å². The quantitative estimate of drug-likeness (QED) is 0.236. The number of hydrogen-bond acceptors (Lipinski definition) is 7. The molecule has 0 aromatic carbocycles. The number of nitrogens with zero attached hydrogens (tertiary/aromatic N) is 1. The van der Waals surface area contributed by atoms with Gasteiger partial charge in [-0.05, 0) is 12.1 Å². The monoisotopic (exact) mass is 305 g/mol. The van der Waals surface area contributed by atoms with Crippen molar-refractivity contribution in [3.63, 3.8) is 0 Å². The zero-order valence-corrected chi connectivity index (χ0v) is 11.0. The number of aliphatic hydroxyl groups excluding tert-OH is 2. The lowest BCUT2D eigenvalue weighted by molar-refractivity contribution is -0.165. The van der Waals surface area contributed by atoms with Gasteiger partial charge in [0.05, 0.1) is 0 Å². The Hall–Kier alpha value is -2.11. The zero-order valence-electron chi connectivity index (χ0n) is 11.0. The molecule has 0 bridgehead atoms. The van der Waals surface area contributed by atoms with E-state index in [4.69, 9.17) is 26.3 Å². The molecule has 120 valence electrons. The first-order valence-electron chi connectivity index (χ1n) is 5.55. The second kappa shape index (κ2) is 11.7. The molecule has 0 saturated carbocycles. The van der Waals surface area contributed by atoms with Crippen LogP contribution < -0.4 is 11.3 Å². The fourth-order valence-corrected chi connectivity index (χ4v) is 1.02. The Kier molecular flexibility index (Phi) is 11.8. The van der Waals surface area contributed by atoms with Gasteiger partial charge in [-0.3, -0.25) is 16.3 Å². The van der Waals surface area contributed by atoms with Crippen LogP contribution in [0.5, 0.6) is 0 Å². The van der Waals surface area contributed by atoms with Crippen LogP contribution >= 0.6 is 0 Å². The molecule has 10 heteroatoms. The number of aromatic nitrogens is 1. The number of hydrazine groups is 1. The summed E-state index contributed by atoms with van der Waals surface area (Å²) >= 11 is 0. The van der Waals surface area contributed by atoms with Gasteiger partial charge in [0.25, 0.3) is 0 Å². The number of carboxylic acid groups (broad SMARTS) is 2. The van der Waals surface area contributed by atoms with Crippen LogP contribution in [0.3, 0.4) is 0 Å². The van der Waals surface area contributed by atoms with E-state index in [9.17, 15) is 9.59 Å². The second-order valence-electron chi connectivity index (χ2n) is 3.59. The van der Waals surface area contributed by atoms with E-state index in [-0.39, 0.29) is 5.48 Å². The largest absolute Gasteiger partial charge is 0.479 e. The molecule has 0 aliphatic carbocycles. The molecule has 0 aliphatic heterocycles. The van der Waals surface area contributed by atoms with Crippen LogP contribution in [-0.4, -0.2) is 61.6 Å². The van der Waals surface area contributed by atoms with Gasteiger partial charge in [0.15, 0.2) is 12.2 Å². The summed E-state index contributed by atoms with van der Waals surface area (Å²) in [5.41, 5.74) is 3.65. The van der Waals surface area contributed by atoms with Crippen LogP contribution in [0.15, 0.2) is 24.4 Å². The van der Waals surface area contributed by atoms with Crippen LogP contribution in [0, 0.1) is 0 Å². The van der Waals surface area contributed by atoms with Crippen LogP contribution in [0.4, 0.5) is 0 Å². The van der Waals surface area contributed by atoms with Gasteiger partial charge in [-0.15, -0.1) is 0 Å². The van der Waals surface area contributed by atoms with Gasteiger partial charge in [-0.25, -0.2) is 9.59 Å². The van der Waals surface area contributed by atoms with Crippen molar-refractivity contribution < 1.29 is 35.5 Å². The number of hydrogen-bond donors (Lipinski definition) is 6. The average Bonchev–Trinajstić information content (AvgIpc) is 2.45. The normalized spacial score (nSPS) is 12.1. The first kappa shape index (κ1) is 21.2. The van der Waals surface area contributed by atoms with Crippen molar-refractivity contribution in [2.75, 3.05) is 6.54 Å². The smallest absolute Gasteiger partial charge is 0.335 e. The Labute approximate surface area is 120 Å². The molecule has 0 amide bonds. The minimum atomic E-state index is -2.27. The van der Waals surface area contributed by atoms with Crippen molar-refractivity contribution in [2.24, 2.45) is 5.84 Å². The fraction of sp³-hybridized carbons (Fsp3) is 0.364. The predicted octanol–water partition coefficient (Wildman–Crippen LogP) is -2.86. The number of rotatable bonds is 6. The van der Waals surface area contributed by atoms with Crippen molar-refractivity contribution in [2.45, 2.75) is 18.6 Å². The fourth-order valence-electron chi connectivity index (χ4n) is 1.02. The number of carbonyl (C=O) groups is 2. The number of carboxylic acids is 2. The van der Waals surface area contributed by atoms with Gasteiger partial charge >= 0.3 is 11.9 Å². The molecule has 1 rings (SSSR count). The molecular weight excluding hydrogens is 286 g/mol. The van der Waals surface area contributed by atoms with E-state index in [2.05, 4.69) is 10.4 Å². The molecule has 0 saturated heterocycles. The first-order valence-corrected chi connectivity index (χ1v) is 5.55. The molecule has 0 radical (unpaired) electrons. The average molecular weight is 305 g/mol. The van der Waals surface area contributed by atoms with E-state index >= 15 is 0 Å². The molecule has 21 heavy (non-hydrogen) atoms. The highest BCUT2D eigenvalue weighted by atomic mass is 16.4. The van der Waals surface area contributed by atoms with Crippen molar-refractivity contribution in [3.8, 4) is 0 Å². The summed E-state index contributed by atoms with van der Waals surface area (Å²) in [6.07, 6.45) is -1.86. The van der Waals surface area contributed by atoms with Gasteiger partial charge in [-0.1, -0.05) is 6.07 Å². The third kappa shape index (κ3) is 9.43. The molecule has 9 N–H and O–H groups in total. The number of aliphatic carboxylic acids is 2. The Morgan fingerprint density at radius 1 is 1.19 bits per heavy atom. The third-order valence-corrected chi connectivity index (χ3v) is 2.06. The second-order valence-corrected chi connectivity index (χ2v) is 3.59. The van der Waals surface area contributed by atoms with E-state index < -0.39 is 24.1 Å². The molecule has 0 spiro atoms. The molecule has 0 aliphatic rings.